The Morgan fingerprint density at radius 3 is 3.31 bits per heavy atom. The number of ketones is 1. The third-order valence-corrected chi connectivity index (χ3v) is 3.97. The van der Waals surface area contributed by atoms with Crippen molar-refractivity contribution in [1.82, 2.24) is 4.90 Å². The molecule has 1 fully saturated rings. The van der Waals surface area contributed by atoms with Gasteiger partial charge in [-0.1, -0.05) is 0 Å². The van der Waals surface area contributed by atoms with Crippen molar-refractivity contribution in [3.8, 4) is 0 Å². The molecule has 1 saturated heterocycles. The normalized spacial score (nSPS) is 37.1. The number of hydrogen-bond acceptors (Lipinski definition) is 4. The van der Waals surface area contributed by atoms with E-state index in [9.17, 15) is 4.79 Å². The maximum Gasteiger partial charge on any atom is 0.157 e. The van der Waals surface area contributed by atoms with Crippen molar-refractivity contribution in [1.29, 1.82) is 0 Å². The van der Waals surface area contributed by atoms with Crippen LogP contribution in [0.1, 0.15) is 19.3 Å². The summed E-state index contributed by atoms with van der Waals surface area (Å²) < 4.78 is 5.70. The Morgan fingerprint density at radius 2 is 2.50 bits per heavy atom. The van der Waals surface area contributed by atoms with E-state index >= 15 is 0 Å². The smallest absolute Gasteiger partial charge is 0.157 e. The number of methoxy groups -OCH3 is 1. The number of hydrogen-bond donors (Lipinski definition) is 0. The van der Waals surface area contributed by atoms with Crippen LogP contribution >= 0.6 is 0 Å². The van der Waals surface area contributed by atoms with Crippen LogP contribution in [0, 0.1) is 0 Å². The number of nitrogens with zero attached hydrogens (tertiary/aromatic N) is 2. The minimum absolute atomic E-state index is 0.157. The first-order valence-corrected chi connectivity index (χ1v) is 5.82. The lowest BCUT2D eigenvalue weighted by Crippen LogP contribution is -2.59. The van der Waals surface area contributed by atoms with Crippen molar-refractivity contribution in [2.24, 2.45) is 4.99 Å². The Kier molecular flexibility index (Phi) is 2.14. The number of piperidine rings is 1. The second kappa shape index (κ2) is 3.42. The molecule has 1 aliphatic carbocycles. The van der Waals surface area contributed by atoms with Gasteiger partial charge in [-0.15, -0.1) is 0 Å². The molecule has 2 aliphatic heterocycles. The molecule has 0 N–H and O–H groups in total. The van der Waals surface area contributed by atoms with Gasteiger partial charge in [0, 0.05) is 26.5 Å². The molecule has 2 heterocycles. The fourth-order valence-corrected chi connectivity index (χ4v) is 3.08. The van der Waals surface area contributed by atoms with Gasteiger partial charge in [0.1, 0.15) is 5.60 Å². The molecule has 0 bridgehead atoms. The first kappa shape index (κ1) is 10.0. The molecule has 16 heavy (non-hydrogen) atoms. The summed E-state index contributed by atoms with van der Waals surface area (Å²) in [5.41, 5.74) is -0.267. The molecule has 2 atom stereocenters. The van der Waals surface area contributed by atoms with E-state index in [1.165, 1.54) is 5.84 Å². The fraction of sp³-hybridized carbons (Fsp3) is 0.667. The van der Waals surface area contributed by atoms with Gasteiger partial charge in [-0.2, -0.15) is 0 Å². The van der Waals surface area contributed by atoms with Crippen molar-refractivity contribution in [3.05, 3.63) is 12.2 Å². The summed E-state index contributed by atoms with van der Waals surface area (Å²) in [7, 11) is 1.74. The van der Waals surface area contributed by atoms with Crippen LogP contribution in [0.15, 0.2) is 17.1 Å². The van der Waals surface area contributed by atoms with Crippen molar-refractivity contribution >= 4 is 11.6 Å². The van der Waals surface area contributed by atoms with E-state index in [0.717, 1.165) is 25.9 Å². The van der Waals surface area contributed by atoms with Crippen molar-refractivity contribution in [2.45, 2.75) is 30.9 Å². The van der Waals surface area contributed by atoms with Gasteiger partial charge in [0.15, 0.2) is 5.78 Å². The molecule has 0 aromatic heterocycles. The Balaban J connectivity index is 1.99. The molecule has 0 radical (unpaired) electrons. The van der Waals surface area contributed by atoms with E-state index in [2.05, 4.69) is 9.89 Å². The van der Waals surface area contributed by atoms with Gasteiger partial charge in [0.05, 0.1) is 18.4 Å². The SMILES string of the molecule is CO[C@@]12C=CC(=O)C[C@@H]1N1CCN=C1CC2. The van der Waals surface area contributed by atoms with Gasteiger partial charge >= 0.3 is 0 Å². The predicted octanol–water partition coefficient (Wildman–Crippen LogP) is 0.777. The zero-order chi connectivity index (χ0) is 11.2. The summed E-state index contributed by atoms with van der Waals surface area (Å²) in [6, 6.07) is 0.157. The fourth-order valence-electron chi connectivity index (χ4n) is 3.08. The van der Waals surface area contributed by atoms with Crippen LogP contribution < -0.4 is 0 Å². The first-order valence-electron chi connectivity index (χ1n) is 5.82. The maximum atomic E-state index is 11.6. The Morgan fingerprint density at radius 1 is 1.62 bits per heavy atom. The summed E-state index contributed by atoms with van der Waals surface area (Å²) in [5, 5.41) is 0. The average Bonchev–Trinajstić information content (AvgIpc) is 2.77. The Bertz CT molecular complexity index is 388. The lowest BCUT2D eigenvalue weighted by molar-refractivity contribution is -0.121. The molecule has 4 heteroatoms. The standard InChI is InChI=1S/C12H16N2O2/c1-16-12-4-2-9(15)8-10(12)14-7-6-13-11(14)3-5-12/h2,4,10H,3,5-8H2,1H3/t10-,12+/m0/s1. The van der Waals surface area contributed by atoms with Crippen LogP contribution in [0.25, 0.3) is 0 Å². The topological polar surface area (TPSA) is 41.9 Å². The van der Waals surface area contributed by atoms with Gasteiger partial charge in [-0.25, -0.2) is 0 Å². The minimum Gasteiger partial charge on any atom is -0.372 e. The summed E-state index contributed by atoms with van der Waals surface area (Å²) >= 11 is 0. The highest BCUT2D eigenvalue weighted by Gasteiger charge is 2.48. The zero-order valence-corrected chi connectivity index (χ0v) is 9.48. The quantitative estimate of drug-likeness (QED) is 0.655. The van der Waals surface area contributed by atoms with E-state index in [-0.39, 0.29) is 17.4 Å². The Labute approximate surface area is 95.0 Å². The second-order valence-corrected chi connectivity index (χ2v) is 4.67. The van der Waals surface area contributed by atoms with Crippen molar-refractivity contribution in [3.63, 3.8) is 0 Å². The van der Waals surface area contributed by atoms with E-state index in [1.807, 2.05) is 6.08 Å². The molecular formula is C12H16N2O2. The van der Waals surface area contributed by atoms with Gasteiger partial charge in [-0.3, -0.25) is 9.79 Å². The summed E-state index contributed by atoms with van der Waals surface area (Å²) in [6.45, 7) is 1.80. The monoisotopic (exact) mass is 220 g/mol. The van der Waals surface area contributed by atoms with Crippen molar-refractivity contribution < 1.29 is 9.53 Å². The number of carbonyl (C=O) groups excluding carboxylic acids is 1. The molecular weight excluding hydrogens is 204 g/mol. The molecule has 0 unspecified atom stereocenters. The summed E-state index contributed by atoms with van der Waals surface area (Å²) in [5.74, 6) is 1.37. The predicted molar refractivity (Wildman–Crippen MR) is 60.5 cm³/mol. The minimum atomic E-state index is -0.267. The number of allylic oxidation sites excluding steroid dienone is 1. The van der Waals surface area contributed by atoms with E-state index < -0.39 is 0 Å². The maximum absolute atomic E-state index is 11.6. The first-order chi connectivity index (χ1) is 7.75. The average molecular weight is 220 g/mol. The van der Waals surface area contributed by atoms with Gasteiger partial charge < -0.3 is 9.64 Å². The van der Waals surface area contributed by atoms with Crippen LogP contribution in [-0.4, -0.2) is 48.4 Å². The third-order valence-electron chi connectivity index (χ3n) is 3.97. The zero-order valence-electron chi connectivity index (χ0n) is 9.48. The molecule has 3 rings (SSSR count). The van der Waals surface area contributed by atoms with Crippen LogP contribution in [0.2, 0.25) is 0 Å². The number of aliphatic imine (C=N–C) groups is 1. The van der Waals surface area contributed by atoms with Gasteiger partial charge in [0.25, 0.3) is 0 Å². The van der Waals surface area contributed by atoms with Crippen LogP contribution in [-0.2, 0) is 9.53 Å². The largest absolute Gasteiger partial charge is 0.372 e. The lowest BCUT2D eigenvalue weighted by Gasteiger charge is -2.48. The number of amidine groups is 1. The van der Waals surface area contributed by atoms with Gasteiger partial charge in [-0.05, 0) is 18.6 Å². The molecule has 0 saturated carbocycles. The van der Waals surface area contributed by atoms with Crippen molar-refractivity contribution in [2.75, 3.05) is 20.2 Å². The molecule has 3 aliphatic rings. The molecule has 0 spiro atoms. The van der Waals surface area contributed by atoms with E-state index in [0.29, 0.717) is 6.42 Å². The molecule has 0 aromatic carbocycles. The summed E-state index contributed by atoms with van der Waals surface area (Å²) in [6.07, 6.45) is 6.09. The lowest BCUT2D eigenvalue weighted by atomic mass is 9.77. The molecule has 0 aromatic rings. The number of carbonyl (C=O) groups is 1. The number of fused-ring (bicyclic) bond motifs is 3. The van der Waals surface area contributed by atoms with Crippen LogP contribution in [0.3, 0.4) is 0 Å². The van der Waals surface area contributed by atoms with E-state index in [1.54, 1.807) is 13.2 Å². The third kappa shape index (κ3) is 1.26. The summed E-state index contributed by atoms with van der Waals surface area (Å²) in [4.78, 5) is 18.3. The van der Waals surface area contributed by atoms with Gasteiger partial charge in [0.2, 0.25) is 0 Å². The second-order valence-electron chi connectivity index (χ2n) is 4.67. The molecule has 86 valence electrons. The van der Waals surface area contributed by atoms with Crippen LogP contribution in [0.5, 0.6) is 0 Å². The molecule has 0 amide bonds. The van der Waals surface area contributed by atoms with E-state index in [4.69, 9.17) is 4.74 Å². The van der Waals surface area contributed by atoms with Crippen LogP contribution in [0.4, 0.5) is 0 Å². The number of ether oxygens (including phenoxy) is 1. The Hall–Kier alpha value is -1.16. The number of rotatable bonds is 1. The highest BCUT2D eigenvalue weighted by atomic mass is 16.5. The highest BCUT2D eigenvalue weighted by Crippen LogP contribution is 2.38. The molecule has 4 nitrogen and oxygen atoms in total. The highest BCUT2D eigenvalue weighted by molar-refractivity contribution is 5.93.